The molecule has 1 aliphatic carbocycles. The zero-order valence-corrected chi connectivity index (χ0v) is 19.6. The van der Waals surface area contributed by atoms with Crippen molar-refractivity contribution in [3.8, 4) is 5.75 Å². The van der Waals surface area contributed by atoms with Crippen molar-refractivity contribution in [2.24, 2.45) is 5.92 Å². The van der Waals surface area contributed by atoms with Crippen molar-refractivity contribution in [2.75, 3.05) is 58.5 Å². The smallest absolute Gasteiger partial charge is 0.225 e. The first-order valence-electron chi connectivity index (χ1n) is 12.1. The fourth-order valence-corrected chi connectivity index (χ4v) is 5.21. The summed E-state index contributed by atoms with van der Waals surface area (Å²) in [6.07, 6.45) is 8.43. The summed E-state index contributed by atoms with van der Waals surface area (Å²) < 4.78 is 15.9. The van der Waals surface area contributed by atoms with Crippen LogP contribution < -0.4 is 15.0 Å². The monoisotopic (exact) mass is 446 g/mol. The number of nitrogens with one attached hydrogen (secondary N) is 1. The van der Waals surface area contributed by atoms with Crippen LogP contribution in [0.5, 0.6) is 5.75 Å². The minimum atomic E-state index is -0.460. The Balaban J connectivity index is 1.13. The quantitative estimate of drug-likeness (QED) is 0.583. The summed E-state index contributed by atoms with van der Waals surface area (Å²) in [4.78, 5) is 21.8. The predicted octanol–water partition coefficient (Wildman–Crippen LogP) is 2.21. The molecule has 1 saturated heterocycles. The van der Waals surface area contributed by atoms with Gasteiger partial charge in [0.25, 0.3) is 0 Å². The molecular formula is C24H38N4O4. The highest BCUT2D eigenvalue weighted by atomic mass is 16.7. The molecular weight excluding hydrogens is 408 g/mol. The Labute approximate surface area is 191 Å². The van der Waals surface area contributed by atoms with Gasteiger partial charge in [-0.3, -0.25) is 9.69 Å². The van der Waals surface area contributed by atoms with E-state index in [9.17, 15) is 4.79 Å². The van der Waals surface area contributed by atoms with Crippen molar-refractivity contribution in [1.29, 1.82) is 0 Å². The van der Waals surface area contributed by atoms with Crippen molar-refractivity contribution in [3.05, 3.63) is 17.8 Å². The second kappa shape index (κ2) is 11.3. The van der Waals surface area contributed by atoms with Crippen LogP contribution >= 0.6 is 0 Å². The van der Waals surface area contributed by atoms with Gasteiger partial charge in [0.2, 0.25) is 5.91 Å². The predicted molar refractivity (Wildman–Crippen MR) is 123 cm³/mol. The Morgan fingerprint density at radius 2 is 1.94 bits per heavy atom. The third kappa shape index (κ3) is 5.91. The molecule has 178 valence electrons. The minimum absolute atomic E-state index is 0.0186. The first-order valence-corrected chi connectivity index (χ1v) is 12.1. The zero-order valence-electron chi connectivity index (χ0n) is 19.6. The van der Waals surface area contributed by atoms with Crippen molar-refractivity contribution in [2.45, 2.75) is 57.3 Å². The average Bonchev–Trinajstić information content (AvgIpc) is 3.31. The number of piperazine rings is 1. The topological polar surface area (TPSA) is 76.2 Å². The van der Waals surface area contributed by atoms with Crippen LogP contribution in [0.25, 0.3) is 0 Å². The SMILES string of the molecule is COC(CC(=O)NC1CCC(CCN2CCN(c3nccc4c3CCO4)CC2)CC1)OC. The normalized spacial score (nSPS) is 23.8. The van der Waals surface area contributed by atoms with Gasteiger partial charge < -0.3 is 24.4 Å². The van der Waals surface area contributed by atoms with Gasteiger partial charge in [-0.1, -0.05) is 0 Å². The molecule has 32 heavy (non-hydrogen) atoms. The molecule has 1 aromatic rings. The summed E-state index contributed by atoms with van der Waals surface area (Å²) >= 11 is 0. The highest BCUT2D eigenvalue weighted by Crippen LogP contribution is 2.32. The maximum atomic E-state index is 12.2. The number of nitrogens with zero attached hydrogens (tertiary/aromatic N) is 3. The van der Waals surface area contributed by atoms with Gasteiger partial charge in [0, 0.05) is 64.6 Å². The third-order valence-corrected chi connectivity index (χ3v) is 7.21. The lowest BCUT2D eigenvalue weighted by molar-refractivity contribution is -0.140. The van der Waals surface area contributed by atoms with Crippen LogP contribution in [0.15, 0.2) is 12.3 Å². The zero-order chi connectivity index (χ0) is 22.3. The summed E-state index contributed by atoms with van der Waals surface area (Å²) in [5.74, 6) is 2.93. The summed E-state index contributed by atoms with van der Waals surface area (Å²) in [5.41, 5.74) is 1.28. The van der Waals surface area contributed by atoms with Gasteiger partial charge in [-0.25, -0.2) is 4.98 Å². The lowest BCUT2D eigenvalue weighted by Gasteiger charge is -2.37. The molecule has 0 atom stereocenters. The molecule has 3 heterocycles. The fourth-order valence-electron chi connectivity index (χ4n) is 5.21. The molecule has 1 amide bonds. The fraction of sp³-hybridized carbons (Fsp3) is 0.750. The number of hydrogen-bond acceptors (Lipinski definition) is 7. The third-order valence-electron chi connectivity index (χ3n) is 7.21. The first-order chi connectivity index (χ1) is 15.7. The Morgan fingerprint density at radius 1 is 1.19 bits per heavy atom. The highest BCUT2D eigenvalue weighted by Gasteiger charge is 2.26. The molecule has 0 radical (unpaired) electrons. The van der Waals surface area contributed by atoms with E-state index in [0.29, 0.717) is 6.04 Å². The number of carbonyl (C=O) groups is 1. The van der Waals surface area contributed by atoms with Crippen LogP contribution in [0.4, 0.5) is 5.82 Å². The summed E-state index contributed by atoms with van der Waals surface area (Å²) in [5, 5.41) is 3.15. The van der Waals surface area contributed by atoms with Crippen LogP contribution in [0.3, 0.4) is 0 Å². The number of amides is 1. The number of anilines is 1. The van der Waals surface area contributed by atoms with Gasteiger partial charge >= 0.3 is 0 Å². The largest absolute Gasteiger partial charge is 0.493 e. The molecule has 1 saturated carbocycles. The molecule has 0 spiro atoms. The van der Waals surface area contributed by atoms with Gasteiger partial charge in [0.1, 0.15) is 11.6 Å². The lowest BCUT2D eigenvalue weighted by Crippen LogP contribution is -2.47. The van der Waals surface area contributed by atoms with Gasteiger partial charge in [0.15, 0.2) is 6.29 Å². The van der Waals surface area contributed by atoms with Crippen molar-refractivity contribution in [3.63, 3.8) is 0 Å². The van der Waals surface area contributed by atoms with Crippen LogP contribution in [0.1, 0.15) is 44.1 Å². The van der Waals surface area contributed by atoms with E-state index in [-0.39, 0.29) is 12.3 Å². The molecule has 0 unspecified atom stereocenters. The van der Waals surface area contributed by atoms with Crippen molar-refractivity contribution in [1.82, 2.24) is 15.2 Å². The molecule has 8 heteroatoms. The van der Waals surface area contributed by atoms with Crippen LogP contribution in [-0.4, -0.2) is 81.7 Å². The summed E-state index contributed by atoms with van der Waals surface area (Å²) in [6.45, 7) is 6.21. The molecule has 3 aliphatic rings. The Bertz CT molecular complexity index is 742. The van der Waals surface area contributed by atoms with Gasteiger partial charge in [-0.05, 0) is 50.6 Å². The molecule has 2 aliphatic heterocycles. The molecule has 4 rings (SSSR count). The maximum absolute atomic E-state index is 12.2. The Morgan fingerprint density at radius 3 is 2.66 bits per heavy atom. The second-order valence-corrected chi connectivity index (χ2v) is 9.22. The number of aromatic nitrogens is 1. The minimum Gasteiger partial charge on any atom is -0.493 e. The number of ether oxygens (including phenoxy) is 3. The van der Waals surface area contributed by atoms with E-state index in [4.69, 9.17) is 14.2 Å². The number of methoxy groups -OCH3 is 2. The van der Waals surface area contributed by atoms with E-state index < -0.39 is 6.29 Å². The molecule has 0 bridgehead atoms. The van der Waals surface area contributed by atoms with E-state index in [2.05, 4.69) is 20.1 Å². The van der Waals surface area contributed by atoms with E-state index in [1.54, 1.807) is 14.2 Å². The van der Waals surface area contributed by atoms with Crippen LogP contribution in [0.2, 0.25) is 0 Å². The number of hydrogen-bond donors (Lipinski definition) is 1. The lowest BCUT2D eigenvalue weighted by atomic mass is 9.84. The Hall–Kier alpha value is -1.90. The Kier molecular flexibility index (Phi) is 8.21. The maximum Gasteiger partial charge on any atom is 0.225 e. The molecule has 1 aromatic heterocycles. The molecule has 2 fully saturated rings. The van der Waals surface area contributed by atoms with Crippen LogP contribution in [0, 0.1) is 5.92 Å². The van der Waals surface area contributed by atoms with Crippen LogP contribution in [-0.2, 0) is 20.7 Å². The molecule has 8 nitrogen and oxygen atoms in total. The van der Waals surface area contributed by atoms with Gasteiger partial charge in [0.05, 0.1) is 13.0 Å². The number of pyridine rings is 1. The standard InChI is InChI=1S/C24H38N4O4/c1-30-23(31-2)17-22(29)26-19-5-3-18(4-6-19)8-11-27-12-14-28(15-13-27)24-20-9-16-32-21(20)7-10-25-24/h7,10,18-19,23H,3-6,8-9,11-17H2,1-2H3,(H,26,29). The summed E-state index contributed by atoms with van der Waals surface area (Å²) in [7, 11) is 3.12. The molecule has 0 aromatic carbocycles. The summed E-state index contributed by atoms with van der Waals surface area (Å²) in [6, 6.07) is 2.28. The van der Waals surface area contributed by atoms with E-state index in [0.717, 1.165) is 69.5 Å². The highest BCUT2D eigenvalue weighted by molar-refractivity contribution is 5.76. The van der Waals surface area contributed by atoms with Crippen molar-refractivity contribution >= 4 is 11.7 Å². The van der Waals surface area contributed by atoms with Crippen molar-refractivity contribution < 1.29 is 19.0 Å². The second-order valence-electron chi connectivity index (χ2n) is 9.22. The van der Waals surface area contributed by atoms with Gasteiger partial charge in [-0.15, -0.1) is 0 Å². The number of rotatable bonds is 9. The van der Waals surface area contributed by atoms with E-state index in [1.165, 1.54) is 31.4 Å². The van der Waals surface area contributed by atoms with Gasteiger partial charge in [-0.2, -0.15) is 0 Å². The number of fused-ring (bicyclic) bond motifs is 1. The van der Waals surface area contributed by atoms with E-state index >= 15 is 0 Å². The number of carbonyl (C=O) groups excluding carboxylic acids is 1. The average molecular weight is 447 g/mol. The van der Waals surface area contributed by atoms with E-state index in [1.807, 2.05) is 12.3 Å². The molecule has 1 N–H and O–H groups in total. The first kappa shape index (κ1) is 23.3.